The maximum absolute atomic E-state index is 13.8. The minimum absolute atomic E-state index is 0.107. The molecule has 0 unspecified atom stereocenters. The van der Waals surface area contributed by atoms with Crippen LogP contribution in [0.2, 0.25) is 0 Å². The number of alkyl halides is 1. The van der Waals surface area contributed by atoms with Gasteiger partial charge in [0.15, 0.2) is 0 Å². The van der Waals surface area contributed by atoms with E-state index < -0.39 is 17.4 Å². The number of nitrogens with one attached hydrogen (secondary N) is 2. The number of ether oxygens (including phenoxy) is 1. The van der Waals surface area contributed by atoms with Crippen LogP contribution in [0.5, 0.6) is 0 Å². The molecule has 0 aromatic rings. The van der Waals surface area contributed by atoms with Crippen molar-refractivity contribution >= 4 is 6.09 Å². The molecule has 2 heterocycles. The van der Waals surface area contributed by atoms with Gasteiger partial charge in [0.25, 0.3) is 0 Å². The lowest BCUT2D eigenvalue weighted by atomic mass is 9.57. The Balaban J connectivity index is 1.78. The number of rotatable bonds is 2. The number of amides is 1. The van der Waals surface area contributed by atoms with Crippen LogP contribution in [-0.2, 0) is 4.74 Å². The van der Waals surface area contributed by atoms with E-state index in [1.807, 2.05) is 20.8 Å². The van der Waals surface area contributed by atoms with Gasteiger partial charge < -0.3 is 15.4 Å². The quantitative estimate of drug-likeness (QED) is 0.775. The minimum atomic E-state index is -1.05. The van der Waals surface area contributed by atoms with Gasteiger partial charge >= 0.3 is 6.09 Å². The second-order valence-corrected chi connectivity index (χ2v) is 6.46. The van der Waals surface area contributed by atoms with E-state index >= 15 is 0 Å². The molecular formula is C12H21FN2O2. The summed E-state index contributed by atoms with van der Waals surface area (Å²) >= 11 is 0. The highest BCUT2D eigenvalue weighted by Gasteiger charge is 2.58. The summed E-state index contributed by atoms with van der Waals surface area (Å²) in [4.78, 5) is 11.5. The Bertz CT molecular complexity index is 319. The lowest BCUT2D eigenvalue weighted by Crippen LogP contribution is -2.67. The third-order valence-corrected chi connectivity index (χ3v) is 3.33. The minimum Gasteiger partial charge on any atom is -0.444 e. The summed E-state index contributed by atoms with van der Waals surface area (Å²) < 4.78 is 18.9. The van der Waals surface area contributed by atoms with E-state index in [2.05, 4.69) is 10.6 Å². The van der Waals surface area contributed by atoms with Gasteiger partial charge in [-0.2, -0.15) is 0 Å². The number of alkyl carbamates (subject to hydrolysis) is 1. The van der Waals surface area contributed by atoms with Crippen molar-refractivity contribution in [3.8, 4) is 0 Å². The van der Waals surface area contributed by atoms with Crippen LogP contribution in [0.1, 0.15) is 33.6 Å². The van der Waals surface area contributed by atoms with Crippen molar-refractivity contribution in [2.75, 3.05) is 19.6 Å². The molecule has 0 radical (unpaired) electrons. The highest BCUT2D eigenvalue weighted by atomic mass is 19.1. The third-order valence-electron chi connectivity index (χ3n) is 3.33. The molecule has 1 amide bonds. The van der Waals surface area contributed by atoms with Crippen molar-refractivity contribution in [2.45, 2.75) is 44.9 Å². The first-order chi connectivity index (χ1) is 7.72. The van der Waals surface area contributed by atoms with Crippen molar-refractivity contribution in [2.24, 2.45) is 5.41 Å². The second kappa shape index (κ2) is 3.83. The molecule has 98 valence electrons. The lowest BCUT2D eigenvalue weighted by Gasteiger charge is -2.56. The molecule has 5 heteroatoms. The monoisotopic (exact) mass is 244 g/mol. The first kappa shape index (κ1) is 12.6. The highest BCUT2D eigenvalue weighted by molar-refractivity contribution is 5.67. The maximum Gasteiger partial charge on any atom is 0.407 e. The van der Waals surface area contributed by atoms with E-state index in [0.29, 0.717) is 25.9 Å². The Labute approximate surface area is 101 Å². The Morgan fingerprint density at radius 1 is 1.41 bits per heavy atom. The average molecular weight is 244 g/mol. The number of hydrogen-bond donors (Lipinski definition) is 2. The molecule has 0 atom stereocenters. The normalized spacial score (nSPS) is 36.0. The molecule has 1 aliphatic carbocycles. The maximum atomic E-state index is 13.8. The van der Waals surface area contributed by atoms with Crippen molar-refractivity contribution in [3.63, 3.8) is 0 Å². The number of piperidine rings is 2. The summed E-state index contributed by atoms with van der Waals surface area (Å²) in [6.07, 6.45) is 0.666. The summed E-state index contributed by atoms with van der Waals surface area (Å²) in [5, 5.41) is 5.81. The number of carbonyl (C=O) groups is 1. The van der Waals surface area contributed by atoms with Crippen LogP contribution < -0.4 is 10.6 Å². The summed E-state index contributed by atoms with van der Waals surface area (Å²) in [6.45, 7) is 7.17. The molecule has 3 aliphatic rings. The molecule has 0 aromatic carbocycles. The third kappa shape index (κ3) is 2.89. The van der Waals surface area contributed by atoms with Gasteiger partial charge in [-0.1, -0.05) is 0 Å². The fraction of sp³-hybridized carbons (Fsp3) is 0.917. The Morgan fingerprint density at radius 3 is 2.59 bits per heavy atom. The van der Waals surface area contributed by atoms with E-state index in [1.54, 1.807) is 0 Å². The van der Waals surface area contributed by atoms with E-state index in [1.165, 1.54) is 0 Å². The van der Waals surface area contributed by atoms with E-state index in [9.17, 15) is 9.18 Å². The van der Waals surface area contributed by atoms with Gasteiger partial charge in [0.2, 0.25) is 0 Å². The predicted octanol–water partition coefficient (Wildman–Crippen LogP) is 1.60. The van der Waals surface area contributed by atoms with Gasteiger partial charge in [0, 0.05) is 25.0 Å². The Kier molecular flexibility index (Phi) is 2.84. The fourth-order valence-corrected chi connectivity index (χ4v) is 2.86. The highest BCUT2D eigenvalue weighted by Crippen LogP contribution is 2.52. The standard InChI is InChI=1S/C12H21FN2O2/c1-10(2,3)17-9(16)15-7-11-4-12(13,5-11)8-14-6-11/h14H,4-8H2,1-3H3,(H,15,16). The first-order valence-electron chi connectivity index (χ1n) is 6.09. The van der Waals surface area contributed by atoms with Crippen LogP contribution in [0.3, 0.4) is 0 Å². The molecule has 2 aliphatic heterocycles. The van der Waals surface area contributed by atoms with Gasteiger partial charge in [0.05, 0.1) is 0 Å². The van der Waals surface area contributed by atoms with Crippen LogP contribution in [-0.4, -0.2) is 37.0 Å². The van der Waals surface area contributed by atoms with Crippen molar-refractivity contribution in [1.82, 2.24) is 10.6 Å². The second-order valence-electron chi connectivity index (χ2n) is 6.46. The summed E-state index contributed by atoms with van der Waals surface area (Å²) in [5.41, 5.74) is -1.65. The summed E-state index contributed by atoms with van der Waals surface area (Å²) in [5.74, 6) is 0. The van der Waals surface area contributed by atoms with Gasteiger partial charge in [0.1, 0.15) is 11.3 Å². The van der Waals surface area contributed by atoms with Gasteiger partial charge in [-0.15, -0.1) is 0 Å². The predicted molar refractivity (Wildman–Crippen MR) is 62.6 cm³/mol. The van der Waals surface area contributed by atoms with E-state index in [4.69, 9.17) is 4.74 Å². The van der Waals surface area contributed by atoms with Crippen LogP contribution in [0.4, 0.5) is 9.18 Å². The largest absolute Gasteiger partial charge is 0.444 e. The first-order valence-corrected chi connectivity index (χ1v) is 6.09. The molecule has 1 saturated carbocycles. The number of carbonyl (C=O) groups excluding carboxylic acids is 1. The van der Waals surface area contributed by atoms with Crippen LogP contribution in [0.15, 0.2) is 0 Å². The van der Waals surface area contributed by atoms with Gasteiger partial charge in [-0.05, 0) is 33.6 Å². The molecule has 3 fully saturated rings. The lowest BCUT2D eigenvalue weighted by molar-refractivity contribution is -0.0955. The average Bonchev–Trinajstić information content (AvgIpc) is 2.10. The molecule has 2 bridgehead atoms. The Hall–Kier alpha value is -0.840. The van der Waals surface area contributed by atoms with Gasteiger partial charge in [-0.3, -0.25) is 0 Å². The zero-order chi connectivity index (χ0) is 12.7. The van der Waals surface area contributed by atoms with Crippen molar-refractivity contribution < 1.29 is 13.9 Å². The van der Waals surface area contributed by atoms with Crippen molar-refractivity contribution in [1.29, 1.82) is 0 Å². The SMILES string of the molecule is CC(C)(C)OC(=O)NCC12CNCC(F)(C1)C2. The number of fused-ring (bicyclic) bond motifs is 2. The Morgan fingerprint density at radius 2 is 2.06 bits per heavy atom. The molecule has 0 aromatic heterocycles. The van der Waals surface area contributed by atoms with Crippen LogP contribution in [0.25, 0.3) is 0 Å². The molecule has 2 N–H and O–H groups in total. The van der Waals surface area contributed by atoms with Gasteiger partial charge in [-0.25, -0.2) is 9.18 Å². The zero-order valence-corrected chi connectivity index (χ0v) is 10.7. The summed E-state index contributed by atoms with van der Waals surface area (Å²) in [7, 11) is 0. The van der Waals surface area contributed by atoms with Crippen molar-refractivity contribution in [3.05, 3.63) is 0 Å². The summed E-state index contributed by atoms with van der Waals surface area (Å²) in [6, 6.07) is 0. The zero-order valence-electron chi connectivity index (χ0n) is 10.7. The topological polar surface area (TPSA) is 50.4 Å². The fourth-order valence-electron chi connectivity index (χ4n) is 2.86. The smallest absolute Gasteiger partial charge is 0.407 e. The number of halogens is 1. The van der Waals surface area contributed by atoms with Crippen LogP contribution in [0, 0.1) is 5.41 Å². The molecule has 4 nitrogen and oxygen atoms in total. The van der Waals surface area contributed by atoms with E-state index in [0.717, 1.165) is 6.54 Å². The molecule has 0 spiro atoms. The van der Waals surface area contributed by atoms with E-state index in [-0.39, 0.29) is 5.41 Å². The molecule has 3 rings (SSSR count). The molecular weight excluding hydrogens is 223 g/mol. The molecule has 2 saturated heterocycles. The molecule has 17 heavy (non-hydrogen) atoms. The number of hydrogen-bond acceptors (Lipinski definition) is 3. The van der Waals surface area contributed by atoms with Crippen LogP contribution >= 0.6 is 0 Å².